The zero-order chi connectivity index (χ0) is 31.1. The first kappa shape index (κ1) is 29.8. The molecule has 0 N–H and O–H groups in total. The van der Waals surface area contributed by atoms with Crippen molar-refractivity contribution < 1.29 is 14.3 Å². The Morgan fingerprint density at radius 3 is 2.78 bits per heavy atom. The second-order valence-corrected chi connectivity index (χ2v) is 12.8. The molecule has 11 heteroatoms. The number of fused-ring (bicyclic) bond motifs is 2. The van der Waals surface area contributed by atoms with Crippen LogP contribution in [0.2, 0.25) is 5.02 Å². The fraction of sp³-hybridized carbons (Fsp3) is 0.471. The van der Waals surface area contributed by atoms with E-state index in [4.69, 9.17) is 37.6 Å². The van der Waals surface area contributed by atoms with Crippen LogP contribution in [-0.4, -0.2) is 103 Å². The minimum absolute atomic E-state index is 0.145. The lowest BCUT2D eigenvalue weighted by Gasteiger charge is -2.41. The van der Waals surface area contributed by atoms with Crippen LogP contribution < -0.4 is 14.5 Å². The molecule has 2 saturated heterocycles. The predicted octanol–water partition coefficient (Wildman–Crippen LogP) is 4.21. The summed E-state index contributed by atoms with van der Waals surface area (Å²) in [5.41, 5.74) is 3.09. The molecule has 0 unspecified atom stereocenters. The average molecular weight is 628 g/mol. The number of likely N-dealkylation sites (N-methyl/N-ethyl adjacent to an activating group) is 1. The summed E-state index contributed by atoms with van der Waals surface area (Å²) in [4.78, 5) is 35.0. The molecule has 3 fully saturated rings. The monoisotopic (exact) mass is 627 g/mol. The molecule has 4 heterocycles. The number of carbonyl (C=O) groups excluding carboxylic acids is 1. The van der Waals surface area contributed by atoms with E-state index in [9.17, 15) is 4.79 Å². The van der Waals surface area contributed by atoms with Gasteiger partial charge in [-0.1, -0.05) is 42.4 Å². The third-order valence-corrected chi connectivity index (χ3v) is 9.95. The van der Waals surface area contributed by atoms with E-state index in [0.717, 1.165) is 51.5 Å². The van der Waals surface area contributed by atoms with Gasteiger partial charge in [0.1, 0.15) is 18.0 Å². The summed E-state index contributed by atoms with van der Waals surface area (Å²) in [5.74, 6) is 0.686. The highest BCUT2D eigenvalue weighted by Gasteiger charge is 2.41. The number of hydrogen-bond acceptors (Lipinski definition) is 8. The summed E-state index contributed by atoms with van der Waals surface area (Å²) in [5, 5.41) is 2.86. The van der Waals surface area contributed by atoms with E-state index in [1.54, 1.807) is 4.90 Å². The van der Waals surface area contributed by atoms with Gasteiger partial charge in [-0.05, 0) is 49.9 Å². The van der Waals surface area contributed by atoms with Gasteiger partial charge in [0, 0.05) is 48.9 Å². The zero-order valence-electron chi connectivity index (χ0n) is 25.6. The zero-order valence-corrected chi connectivity index (χ0v) is 26.3. The van der Waals surface area contributed by atoms with Gasteiger partial charge in [-0.15, -0.1) is 0 Å². The first-order chi connectivity index (χ1) is 21.9. The molecule has 3 atom stereocenters. The van der Waals surface area contributed by atoms with Crippen LogP contribution in [-0.2, 0) is 22.5 Å². The van der Waals surface area contributed by atoms with Gasteiger partial charge in [-0.25, -0.2) is 6.57 Å². The number of halogens is 1. The van der Waals surface area contributed by atoms with E-state index in [-0.39, 0.29) is 30.6 Å². The lowest BCUT2D eigenvalue weighted by Crippen LogP contribution is -2.56. The molecule has 45 heavy (non-hydrogen) atoms. The third-order valence-electron chi connectivity index (χ3n) is 9.64. The number of piperazine rings is 1. The van der Waals surface area contributed by atoms with Crippen molar-refractivity contribution in [2.75, 3.05) is 62.8 Å². The van der Waals surface area contributed by atoms with Crippen molar-refractivity contribution in [3.8, 4) is 6.01 Å². The summed E-state index contributed by atoms with van der Waals surface area (Å²) in [6, 6.07) is 13.1. The Labute approximate surface area is 269 Å². The van der Waals surface area contributed by atoms with Crippen LogP contribution in [0, 0.1) is 6.57 Å². The predicted molar refractivity (Wildman–Crippen MR) is 175 cm³/mol. The van der Waals surface area contributed by atoms with Crippen molar-refractivity contribution in [2.45, 2.75) is 50.0 Å². The van der Waals surface area contributed by atoms with Crippen LogP contribution in [0.3, 0.4) is 0 Å². The maximum Gasteiger partial charge on any atom is 0.319 e. The Kier molecular flexibility index (Phi) is 8.25. The van der Waals surface area contributed by atoms with Crippen LogP contribution in [0.1, 0.15) is 24.1 Å². The quantitative estimate of drug-likeness (QED) is 0.272. The molecule has 10 nitrogen and oxygen atoms in total. The summed E-state index contributed by atoms with van der Waals surface area (Å²) >= 11 is 6.73. The number of ether oxygens (including phenoxy) is 2. The van der Waals surface area contributed by atoms with E-state index in [2.05, 4.69) is 57.4 Å². The first-order valence-electron chi connectivity index (χ1n) is 15.7. The molecule has 7 rings (SSSR count). The molecule has 1 saturated carbocycles. The number of nitrogens with zero attached hydrogens (tertiary/aromatic N) is 7. The van der Waals surface area contributed by atoms with Crippen molar-refractivity contribution in [2.24, 2.45) is 0 Å². The molecule has 0 radical (unpaired) electrons. The minimum atomic E-state index is -0.255. The molecule has 1 aromatic heterocycles. The number of anilines is 2. The highest BCUT2D eigenvalue weighted by molar-refractivity contribution is 6.36. The fourth-order valence-corrected chi connectivity index (χ4v) is 7.35. The Morgan fingerprint density at radius 1 is 1.18 bits per heavy atom. The van der Waals surface area contributed by atoms with Gasteiger partial charge in [0.25, 0.3) is 0 Å². The van der Waals surface area contributed by atoms with Crippen LogP contribution >= 0.6 is 11.6 Å². The Bertz CT molecular complexity index is 1650. The van der Waals surface area contributed by atoms with E-state index in [0.29, 0.717) is 51.4 Å². The number of benzene rings is 2. The van der Waals surface area contributed by atoms with Gasteiger partial charge in [0.05, 0.1) is 36.5 Å². The maximum absolute atomic E-state index is 12.6. The van der Waals surface area contributed by atoms with Crippen LogP contribution in [0.25, 0.3) is 15.6 Å². The Morgan fingerprint density at radius 2 is 2.00 bits per heavy atom. The van der Waals surface area contributed by atoms with Crippen molar-refractivity contribution >= 4 is 39.8 Å². The molecule has 4 aliphatic rings. The van der Waals surface area contributed by atoms with E-state index >= 15 is 0 Å². The van der Waals surface area contributed by atoms with E-state index < -0.39 is 0 Å². The summed E-state index contributed by atoms with van der Waals surface area (Å²) in [7, 11) is 2.15. The van der Waals surface area contributed by atoms with Gasteiger partial charge in [0.2, 0.25) is 12.5 Å². The lowest BCUT2D eigenvalue weighted by atomic mass is 10.0. The lowest BCUT2D eigenvalue weighted by molar-refractivity contribution is -0.128. The molecule has 3 aromatic rings. The number of hydrogen-bond donors (Lipinski definition) is 0. The third kappa shape index (κ3) is 5.81. The number of carbonyl (C=O) groups is 1. The molecule has 2 aromatic carbocycles. The molecule has 234 valence electrons. The van der Waals surface area contributed by atoms with Gasteiger partial charge in [0.15, 0.2) is 0 Å². The largest absolute Gasteiger partial charge is 0.456 e. The molecule has 1 amide bonds. The van der Waals surface area contributed by atoms with Gasteiger partial charge in [-0.3, -0.25) is 9.69 Å². The van der Waals surface area contributed by atoms with Gasteiger partial charge < -0.3 is 29.0 Å². The first-order valence-corrected chi connectivity index (χ1v) is 16.1. The van der Waals surface area contributed by atoms with Crippen LogP contribution in [0.15, 0.2) is 49.1 Å². The highest BCUT2D eigenvalue weighted by Crippen LogP contribution is 2.38. The topological polar surface area (TPSA) is 78.6 Å². The van der Waals surface area contributed by atoms with Crippen molar-refractivity contribution in [1.29, 1.82) is 0 Å². The molecular formula is C34H38ClN7O3. The number of rotatable bonds is 8. The molecular weight excluding hydrogens is 590 g/mol. The standard InChI is InChI=1S/C34H38ClN7O3/c1-4-31(43)42-16-15-41(18-24(42)17-36-2)33-25-13-14-40(28-10-6-8-22-7-5-9-26(35)32(22)28)19-27(25)37-34(38-33)45-30-21-44-20-29(30)39(3)23-11-12-23/h4-10,23-24,29-30H,1,11-21H2,3H3/t24-,29-,30+/m0/s1. The molecule has 0 bridgehead atoms. The average Bonchev–Trinajstić information content (AvgIpc) is 3.82. The van der Waals surface area contributed by atoms with E-state index in [1.807, 2.05) is 12.1 Å². The second kappa shape index (κ2) is 12.5. The molecule has 0 spiro atoms. The number of aromatic nitrogens is 2. The molecule has 3 aliphatic heterocycles. The van der Waals surface area contributed by atoms with E-state index in [1.165, 1.54) is 18.9 Å². The SMILES string of the molecule is [C-]#[N+]C[C@H]1CN(c2nc(O[C@@H]3COC[C@@H]3N(C)C3CC3)nc3c2CCN(c2cccc4cccc(Cl)c24)C3)CCN1C(=O)C=C. The highest BCUT2D eigenvalue weighted by atomic mass is 35.5. The van der Waals surface area contributed by atoms with Crippen molar-refractivity contribution in [1.82, 2.24) is 19.8 Å². The maximum atomic E-state index is 12.6. The minimum Gasteiger partial charge on any atom is -0.456 e. The van der Waals surface area contributed by atoms with Crippen molar-refractivity contribution in [3.63, 3.8) is 0 Å². The fourth-order valence-electron chi connectivity index (χ4n) is 7.07. The summed E-state index contributed by atoms with van der Waals surface area (Å²) in [6.45, 7) is 15.5. The smallest absolute Gasteiger partial charge is 0.319 e. The molecule has 1 aliphatic carbocycles. The van der Waals surface area contributed by atoms with Crippen molar-refractivity contribution in [3.05, 3.63) is 76.8 Å². The summed E-state index contributed by atoms with van der Waals surface area (Å²) < 4.78 is 12.5. The second-order valence-electron chi connectivity index (χ2n) is 12.4. The number of amides is 1. The van der Waals surface area contributed by atoms with Gasteiger partial charge >= 0.3 is 6.01 Å². The van der Waals surface area contributed by atoms with Gasteiger partial charge in [-0.2, -0.15) is 9.97 Å². The summed E-state index contributed by atoms with van der Waals surface area (Å²) in [6.07, 6.45) is 4.32. The van der Waals surface area contributed by atoms with Crippen LogP contribution in [0.4, 0.5) is 11.5 Å². The Balaban J connectivity index is 1.24. The van der Waals surface area contributed by atoms with Crippen LogP contribution in [0.5, 0.6) is 6.01 Å². The Hall–Kier alpha value is -3.91. The normalized spacial score (nSPS) is 23.2.